The van der Waals surface area contributed by atoms with Crippen LogP contribution in [0.4, 0.5) is 0 Å². The van der Waals surface area contributed by atoms with Gasteiger partial charge in [0.25, 0.3) is 0 Å². The summed E-state index contributed by atoms with van der Waals surface area (Å²) in [6.45, 7) is 7.16. The minimum Gasteiger partial charge on any atom is -0.316 e. The van der Waals surface area contributed by atoms with Crippen LogP contribution in [0.5, 0.6) is 0 Å². The summed E-state index contributed by atoms with van der Waals surface area (Å²) in [6, 6.07) is 0. The summed E-state index contributed by atoms with van der Waals surface area (Å²) in [5.74, 6) is 1.92. The molecule has 1 heteroatoms. The second kappa shape index (κ2) is 3.97. The maximum Gasteiger partial charge on any atom is -0.00199 e. The van der Waals surface area contributed by atoms with Crippen LogP contribution in [0.2, 0.25) is 0 Å². The van der Waals surface area contributed by atoms with E-state index in [1.54, 1.807) is 0 Å². The van der Waals surface area contributed by atoms with Gasteiger partial charge in [0.1, 0.15) is 0 Å². The predicted octanol–water partition coefficient (Wildman–Crippen LogP) is 2.03. The highest BCUT2D eigenvalue weighted by molar-refractivity contribution is 4.72. The Kier molecular flexibility index (Phi) is 3.20. The van der Waals surface area contributed by atoms with Crippen molar-refractivity contribution in [1.29, 1.82) is 0 Å². The Bertz CT molecular complexity index is 84.7. The average molecular weight is 141 g/mol. The molecular formula is C9H19N. The van der Waals surface area contributed by atoms with E-state index in [4.69, 9.17) is 0 Å². The zero-order valence-electron chi connectivity index (χ0n) is 7.19. The number of rotatable bonds is 3. The number of hydrogen-bond acceptors (Lipinski definition) is 1. The lowest BCUT2D eigenvalue weighted by Crippen LogP contribution is -2.11. The second-order valence-corrected chi connectivity index (χ2v) is 3.61. The smallest absolute Gasteiger partial charge is 0.00199 e. The molecule has 0 aromatic rings. The van der Waals surface area contributed by atoms with Gasteiger partial charge < -0.3 is 5.32 Å². The summed E-state index contributed by atoms with van der Waals surface area (Å²) < 4.78 is 0. The van der Waals surface area contributed by atoms with Crippen molar-refractivity contribution in [3.05, 3.63) is 0 Å². The van der Waals surface area contributed by atoms with E-state index in [2.05, 4.69) is 19.2 Å². The summed E-state index contributed by atoms with van der Waals surface area (Å²) in [5.41, 5.74) is 0. The van der Waals surface area contributed by atoms with Crippen LogP contribution in [0.1, 0.15) is 33.1 Å². The Morgan fingerprint density at radius 3 is 2.90 bits per heavy atom. The molecule has 1 saturated heterocycles. The summed E-state index contributed by atoms with van der Waals surface area (Å²) in [5, 5.41) is 3.40. The van der Waals surface area contributed by atoms with Crippen LogP contribution in [0.3, 0.4) is 0 Å². The van der Waals surface area contributed by atoms with Crippen LogP contribution < -0.4 is 5.32 Å². The monoisotopic (exact) mass is 141 g/mol. The zero-order chi connectivity index (χ0) is 7.40. The molecule has 0 aliphatic carbocycles. The van der Waals surface area contributed by atoms with Crippen molar-refractivity contribution in [3.8, 4) is 0 Å². The Hall–Kier alpha value is -0.0400. The molecule has 0 saturated carbocycles. The van der Waals surface area contributed by atoms with Crippen molar-refractivity contribution in [1.82, 2.24) is 5.32 Å². The van der Waals surface area contributed by atoms with Crippen molar-refractivity contribution in [3.63, 3.8) is 0 Å². The molecule has 0 aromatic carbocycles. The standard InChI is InChI=1S/C9H19N/c1-3-8(2)6-9-4-5-10-7-9/h8-10H,3-7H2,1-2H3/t8?,9-/m0/s1. The first-order valence-electron chi connectivity index (χ1n) is 4.53. The molecular weight excluding hydrogens is 122 g/mol. The lowest BCUT2D eigenvalue weighted by Gasteiger charge is -2.12. The molecule has 1 unspecified atom stereocenters. The van der Waals surface area contributed by atoms with Gasteiger partial charge in [-0.1, -0.05) is 20.3 Å². The quantitative estimate of drug-likeness (QED) is 0.634. The van der Waals surface area contributed by atoms with E-state index in [0.717, 1.165) is 11.8 Å². The first-order valence-corrected chi connectivity index (χ1v) is 4.53. The lowest BCUT2D eigenvalue weighted by atomic mass is 9.94. The average Bonchev–Trinajstić information content (AvgIpc) is 2.40. The minimum atomic E-state index is 0.935. The van der Waals surface area contributed by atoms with Gasteiger partial charge in [0.05, 0.1) is 0 Å². The fraction of sp³-hybridized carbons (Fsp3) is 1.00. The second-order valence-electron chi connectivity index (χ2n) is 3.61. The van der Waals surface area contributed by atoms with E-state index in [9.17, 15) is 0 Å². The molecule has 1 fully saturated rings. The molecule has 2 atom stereocenters. The fourth-order valence-corrected chi connectivity index (χ4v) is 1.65. The fourth-order valence-electron chi connectivity index (χ4n) is 1.65. The summed E-state index contributed by atoms with van der Waals surface area (Å²) in [6.07, 6.45) is 4.18. The minimum absolute atomic E-state index is 0.935. The molecule has 0 spiro atoms. The van der Waals surface area contributed by atoms with Crippen molar-refractivity contribution in [2.75, 3.05) is 13.1 Å². The summed E-state index contributed by atoms with van der Waals surface area (Å²) in [7, 11) is 0. The predicted molar refractivity (Wildman–Crippen MR) is 45.0 cm³/mol. The number of hydrogen-bond donors (Lipinski definition) is 1. The highest BCUT2D eigenvalue weighted by Gasteiger charge is 2.15. The van der Waals surface area contributed by atoms with Crippen LogP contribution in [0.25, 0.3) is 0 Å². The summed E-state index contributed by atoms with van der Waals surface area (Å²) >= 11 is 0. The van der Waals surface area contributed by atoms with Gasteiger partial charge in [-0.05, 0) is 37.8 Å². The third kappa shape index (κ3) is 2.30. The van der Waals surface area contributed by atoms with Gasteiger partial charge in [0, 0.05) is 0 Å². The van der Waals surface area contributed by atoms with E-state index < -0.39 is 0 Å². The van der Waals surface area contributed by atoms with Crippen LogP contribution in [0, 0.1) is 11.8 Å². The third-order valence-corrected chi connectivity index (χ3v) is 2.60. The number of nitrogens with one attached hydrogen (secondary N) is 1. The first kappa shape index (κ1) is 8.06. The van der Waals surface area contributed by atoms with Gasteiger partial charge >= 0.3 is 0 Å². The Morgan fingerprint density at radius 2 is 2.40 bits per heavy atom. The van der Waals surface area contributed by atoms with E-state index in [1.165, 1.54) is 32.4 Å². The summed E-state index contributed by atoms with van der Waals surface area (Å²) in [4.78, 5) is 0. The van der Waals surface area contributed by atoms with Crippen molar-refractivity contribution < 1.29 is 0 Å². The molecule has 1 aliphatic rings. The van der Waals surface area contributed by atoms with Gasteiger partial charge in [0.2, 0.25) is 0 Å². The van der Waals surface area contributed by atoms with E-state index in [1.807, 2.05) is 0 Å². The Morgan fingerprint density at radius 1 is 1.60 bits per heavy atom. The first-order chi connectivity index (χ1) is 4.83. The largest absolute Gasteiger partial charge is 0.316 e. The van der Waals surface area contributed by atoms with E-state index in [0.29, 0.717) is 0 Å². The SMILES string of the molecule is CCC(C)C[C@@H]1CCNC1. The molecule has 0 amide bonds. The van der Waals surface area contributed by atoms with Gasteiger partial charge in [0.15, 0.2) is 0 Å². The topological polar surface area (TPSA) is 12.0 Å². The van der Waals surface area contributed by atoms with Crippen LogP contribution in [-0.2, 0) is 0 Å². The highest BCUT2D eigenvalue weighted by atomic mass is 14.9. The molecule has 1 N–H and O–H groups in total. The van der Waals surface area contributed by atoms with E-state index >= 15 is 0 Å². The van der Waals surface area contributed by atoms with Crippen molar-refractivity contribution in [2.24, 2.45) is 11.8 Å². The lowest BCUT2D eigenvalue weighted by molar-refractivity contribution is 0.405. The van der Waals surface area contributed by atoms with Crippen molar-refractivity contribution in [2.45, 2.75) is 33.1 Å². The zero-order valence-corrected chi connectivity index (χ0v) is 7.19. The van der Waals surface area contributed by atoms with Gasteiger partial charge in [-0.3, -0.25) is 0 Å². The maximum absolute atomic E-state index is 3.40. The van der Waals surface area contributed by atoms with Gasteiger partial charge in [-0.25, -0.2) is 0 Å². The molecule has 0 aromatic heterocycles. The van der Waals surface area contributed by atoms with Crippen LogP contribution in [0.15, 0.2) is 0 Å². The maximum atomic E-state index is 3.40. The molecule has 1 nitrogen and oxygen atoms in total. The molecule has 0 radical (unpaired) electrons. The Labute approximate surface area is 64.2 Å². The normalized spacial score (nSPS) is 28.8. The molecule has 1 aliphatic heterocycles. The van der Waals surface area contributed by atoms with E-state index in [-0.39, 0.29) is 0 Å². The van der Waals surface area contributed by atoms with Gasteiger partial charge in [-0.15, -0.1) is 0 Å². The third-order valence-electron chi connectivity index (χ3n) is 2.60. The molecule has 10 heavy (non-hydrogen) atoms. The molecule has 1 heterocycles. The Balaban J connectivity index is 2.11. The van der Waals surface area contributed by atoms with Gasteiger partial charge in [-0.2, -0.15) is 0 Å². The molecule has 60 valence electrons. The highest BCUT2D eigenvalue weighted by Crippen LogP contribution is 2.19. The van der Waals surface area contributed by atoms with Crippen molar-refractivity contribution >= 4 is 0 Å². The molecule has 0 bridgehead atoms. The van der Waals surface area contributed by atoms with Crippen LogP contribution in [-0.4, -0.2) is 13.1 Å². The molecule has 1 rings (SSSR count). The van der Waals surface area contributed by atoms with Crippen LogP contribution >= 0.6 is 0 Å².